The van der Waals surface area contributed by atoms with E-state index in [4.69, 9.17) is 0 Å². The number of carbonyl (C=O) groups excluding carboxylic acids is 1. The molecule has 0 aromatic heterocycles. The van der Waals surface area contributed by atoms with Crippen LogP contribution >= 0.6 is 0 Å². The summed E-state index contributed by atoms with van der Waals surface area (Å²) in [4.78, 5) is 24.1. The highest BCUT2D eigenvalue weighted by atomic mass is 32.2. The van der Waals surface area contributed by atoms with Gasteiger partial charge in [0, 0.05) is 44.4 Å². The molecule has 9 nitrogen and oxygen atoms in total. The van der Waals surface area contributed by atoms with Crippen LogP contribution < -0.4 is 5.32 Å². The van der Waals surface area contributed by atoms with E-state index >= 15 is 0 Å². The van der Waals surface area contributed by atoms with Gasteiger partial charge in [-0.25, -0.2) is 17.6 Å². The van der Waals surface area contributed by atoms with Gasteiger partial charge in [0.15, 0.2) is 0 Å². The first kappa shape index (κ1) is 22.6. The normalized spacial score (nSPS) is 16.0. The number of sulfonamides is 1. The van der Waals surface area contributed by atoms with Crippen molar-refractivity contribution in [2.45, 2.75) is 24.3 Å². The molecule has 0 bridgehead atoms. The van der Waals surface area contributed by atoms with Gasteiger partial charge in [0.25, 0.3) is 5.69 Å². The summed E-state index contributed by atoms with van der Waals surface area (Å²) < 4.78 is 40.6. The number of nitrogens with zero attached hydrogens (tertiary/aromatic N) is 3. The van der Waals surface area contributed by atoms with E-state index in [-0.39, 0.29) is 54.7 Å². The third-order valence-electron chi connectivity index (χ3n) is 5.05. The van der Waals surface area contributed by atoms with Gasteiger partial charge in [0.2, 0.25) is 10.0 Å². The first-order valence-electron chi connectivity index (χ1n) is 9.72. The van der Waals surface area contributed by atoms with Crippen LogP contribution in [0.1, 0.15) is 12.5 Å². The quantitative estimate of drug-likeness (QED) is 0.536. The summed E-state index contributed by atoms with van der Waals surface area (Å²) in [6, 6.07) is 10.6. The predicted octanol–water partition coefficient (Wildman–Crippen LogP) is 2.38. The minimum absolute atomic E-state index is 0.0696. The van der Waals surface area contributed by atoms with E-state index in [0.717, 1.165) is 6.07 Å². The number of amides is 2. The van der Waals surface area contributed by atoms with Crippen LogP contribution in [-0.4, -0.2) is 60.8 Å². The third kappa shape index (κ3) is 5.36. The van der Waals surface area contributed by atoms with E-state index in [2.05, 4.69) is 5.32 Å². The molecule has 1 heterocycles. The van der Waals surface area contributed by atoms with Crippen LogP contribution in [0.25, 0.3) is 0 Å². The average molecular weight is 450 g/mol. The maximum atomic E-state index is 13.8. The minimum atomic E-state index is -3.91. The molecule has 1 N–H and O–H groups in total. The number of non-ortho nitro benzene ring substituents is 1. The molecule has 1 fully saturated rings. The highest BCUT2D eigenvalue weighted by molar-refractivity contribution is 7.89. The van der Waals surface area contributed by atoms with Gasteiger partial charge in [-0.3, -0.25) is 10.1 Å². The van der Waals surface area contributed by atoms with Crippen LogP contribution in [-0.2, 0) is 16.4 Å². The lowest BCUT2D eigenvalue weighted by atomic mass is 10.1. The number of nitro benzene ring substituents is 1. The predicted molar refractivity (Wildman–Crippen MR) is 112 cm³/mol. The largest absolute Gasteiger partial charge is 0.335 e. The van der Waals surface area contributed by atoms with Crippen LogP contribution in [0.3, 0.4) is 0 Å². The van der Waals surface area contributed by atoms with Crippen molar-refractivity contribution in [2.75, 3.05) is 26.2 Å². The molecule has 1 saturated heterocycles. The van der Waals surface area contributed by atoms with Crippen molar-refractivity contribution < 1.29 is 22.5 Å². The lowest BCUT2D eigenvalue weighted by Gasteiger charge is -2.34. The molecule has 2 amide bonds. The van der Waals surface area contributed by atoms with E-state index in [0.29, 0.717) is 12.0 Å². The Kier molecular flexibility index (Phi) is 6.86. The molecule has 2 aromatic carbocycles. The molecule has 2 aromatic rings. The number of nitrogens with one attached hydrogen (secondary N) is 1. The van der Waals surface area contributed by atoms with Crippen molar-refractivity contribution in [1.82, 2.24) is 14.5 Å². The molecule has 1 aliphatic rings. The number of urea groups is 1. The number of rotatable bonds is 6. The van der Waals surface area contributed by atoms with Gasteiger partial charge in [0.1, 0.15) is 5.82 Å². The fourth-order valence-corrected chi connectivity index (χ4v) is 4.85. The number of piperazine rings is 1. The molecule has 1 atom stereocenters. The Balaban J connectivity index is 1.57. The molecular weight excluding hydrogens is 427 g/mol. The molecule has 31 heavy (non-hydrogen) atoms. The van der Waals surface area contributed by atoms with Crippen molar-refractivity contribution in [3.8, 4) is 0 Å². The molecule has 1 aliphatic heterocycles. The van der Waals surface area contributed by atoms with Crippen LogP contribution in [0.2, 0.25) is 0 Å². The standard InChI is InChI=1S/C20H23FN4O5S/c1-15(13-16-5-2-3-8-19(16)21)22-20(26)23-9-11-24(12-10-23)31(29,30)18-7-4-6-17(14-18)25(27)28/h2-8,14-15H,9-13H2,1H3,(H,22,26). The zero-order valence-electron chi connectivity index (χ0n) is 16.9. The number of hydrogen-bond acceptors (Lipinski definition) is 5. The van der Waals surface area contributed by atoms with E-state index < -0.39 is 14.9 Å². The summed E-state index contributed by atoms with van der Waals surface area (Å²) in [5.41, 5.74) is 0.200. The number of halogens is 1. The Labute approximate surface area is 179 Å². The molecule has 0 aliphatic carbocycles. The summed E-state index contributed by atoms with van der Waals surface area (Å²) >= 11 is 0. The van der Waals surface area contributed by atoms with E-state index in [1.165, 1.54) is 33.5 Å². The van der Waals surface area contributed by atoms with Crippen molar-refractivity contribution in [1.29, 1.82) is 0 Å². The smallest absolute Gasteiger partial charge is 0.317 e. The van der Waals surface area contributed by atoms with Gasteiger partial charge in [-0.1, -0.05) is 24.3 Å². The number of benzene rings is 2. The molecule has 0 radical (unpaired) electrons. The van der Waals surface area contributed by atoms with Crippen LogP contribution in [0.5, 0.6) is 0 Å². The Morgan fingerprint density at radius 1 is 1.16 bits per heavy atom. The third-order valence-corrected chi connectivity index (χ3v) is 6.94. The Morgan fingerprint density at radius 2 is 1.84 bits per heavy atom. The van der Waals surface area contributed by atoms with Crippen molar-refractivity contribution >= 4 is 21.7 Å². The van der Waals surface area contributed by atoms with E-state index in [1.54, 1.807) is 25.1 Å². The van der Waals surface area contributed by atoms with Gasteiger partial charge < -0.3 is 10.2 Å². The van der Waals surface area contributed by atoms with Crippen molar-refractivity contribution in [3.05, 3.63) is 70.0 Å². The number of hydrogen-bond donors (Lipinski definition) is 1. The van der Waals surface area contributed by atoms with Gasteiger partial charge in [0.05, 0.1) is 9.82 Å². The van der Waals surface area contributed by atoms with Crippen molar-refractivity contribution in [3.63, 3.8) is 0 Å². The van der Waals surface area contributed by atoms with Gasteiger partial charge >= 0.3 is 6.03 Å². The minimum Gasteiger partial charge on any atom is -0.335 e. The van der Waals surface area contributed by atoms with Gasteiger partial charge in [-0.2, -0.15) is 4.31 Å². The Bertz CT molecular complexity index is 1070. The van der Waals surface area contributed by atoms with Gasteiger partial charge in [-0.15, -0.1) is 0 Å². The first-order valence-corrected chi connectivity index (χ1v) is 11.2. The second-order valence-corrected chi connectivity index (χ2v) is 9.23. The molecule has 166 valence electrons. The summed E-state index contributed by atoms with van der Waals surface area (Å²) in [6.45, 7) is 2.26. The van der Waals surface area contributed by atoms with E-state index in [9.17, 15) is 27.7 Å². The number of nitro groups is 1. The summed E-state index contributed by atoms with van der Waals surface area (Å²) in [5.74, 6) is -0.330. The molecule has 11 heteroatoms. The maximum absolute atomic E-state index is 13.8. The van der Waals surface area contributed by atoms with Crippen LogP contribution in [0, 0.1) is 15.9 Å². The second kappa shape index (κ2) is 9.40. The summed E-state index contributed by atoms with van der Waals surface area (Å²) in [5, 5.41) is 13.7. The zero-order valence-corrected chi connectivity index (χ0v) is 17.7. The molecular formula is C20H23FN4O5S. The Hall–Kier alpha value is -3.05. The Morgan fingerprint density at radius 3 is 2.48 bits per heavy atom. The molecule has 1 unspecified atom stereocenters. The average Bonchev–Trinajstić information content (AvgIpc) is 2.75. The van der Waals surface area contributed by atoms with Crippen LogP contribution in [0.15, 0.2) is 53.4 Å². The van der Waals surface area contributed by atoms with Crippen molar-refractivity contribution in [2.24, 2.45) is 0 Å². The molecule has 0 spiro atoms. The summed E-state index contributed by atoms with van der Waals surface area (Å²) in [6.07, 6.45) is 0.333. The zero-order chi connectivity index (χ0) is 22.6. The van der Waals surface area contributed by atoms with Crippen LogP contribution in [0.4, 0.5) is 14.9 Å². The molecule has 0 saturated carbocycles. The lowest BCUT2D eigenvalue weighted by Crippen LogP contribution is -2.54. The first-order chi connectivity index (χ1) is 14.7. The monoisotopic (exact) mass is 450 g/mol. The fraction of sp³-hybridized carbons (Fsp3) is 0.350. The summed E-state index contributed by atoms with van der Waals surface area (Å²) in [7, 11) is -3.91. The number of carbonyl (C=O) groups is 1. The van der Waals surface area contributed by atoms with Gasteiger partial charge in [-0.05, 0) is 31.0 Å². The maximum Gasteiger partial charge on any atom is 0.317 e. The second-order valence-electron chi connectivity index (χ2n) is 7.29. The lowest BCUT2D eigenvalue weighted by molar-refractivity contribution is -0.385. The SMILES string of the molecule is CC(Cc1ccccc1F)NC(=O)N1CCN(S(=O)(=O)c2cccc([N+](=O)[O-])c2)CC1. The van der Waals surface area contributed by atoms with E-state index in [1.807, 2.05) is 0 Å². The topological polar surface area (TPSA) is 113 Å². The fourth-order valence-electron chi connectivity index (χ4n) is 3.39. The molecule has 3 rings (SSSR count). The highest BCUT2D eigenvalue weighted by Crippen LogP contribution is 2.22. The highest BCUT2D eigenvalue weighted by Gasteiger charge is 2.31.